The second-order valence-electron chi connectivity index (χ2n) is 7.99. The van der Waals surface area contributed by atoms with E-state index in [9.17, 15) is 22.8 Å². The fraction of sp³-hybridized carbons (Fsp3) is 0.333. The Morgan fingerprint density at radius 2 is 1.91 bits per heavy atom. The summed E-state index contributed by atoms with van der Waals surface area (Å²) in [5, 5.41) is 2.84. The third-order valence-corrected chi connectivity index (χ3v) is 5.54. The molecule has 1 amide bonds. The van der Waals surface area contributed by atoms with Gasteiger partial charge in [-0.15, -0.1) is 0 Å². The number of unbranched alkanes of at least 4 members (excludes halogenated alkanes) is 2. The molecule has 0 bridgehead atoms. The molecule has 0 radical (unpaired) electrons. The van der Waals surface area contributed by atoms with E-state index in [0.29, 0.717) is 37.8 Å². The number of hydrogen-bond acceptors (Lipinski definition) is 5. The Bertz CT molecular complexity index is 1170. The van der Waals surface area contributed by atoms with Crippen molar-refractivity contribution in [3.63, 3.8) is 0 Å². The fourth-order valence-corrected chi connectivity index (χ4v) is 3.76. The number of hydrogen-bond donors (Lipinski definition) is 2. The molecule has 0 saturated carbocycles. The summed E-state index contributed by atoms with van der Waals surface area (Å²) >= 11 is 0. The van der Waals surface area contributed by atoms with Crippen LogP contribution >= 0.6 is 0 Å². The van der Waals surface area contributed by atoms with Crippen LogP contribution in [0.3, 0.4) is 0 Å². The van der Waals surface area contributed by atoms with Crippen LogP contribution in [0.15, 0.2) is 42.7 Å². The third-order valence-electron chi connectivity index (χ3n) is 5.54. The van der Waals surface area contributed by atoms with Gasteiger partial charge in [0.25, 0.3) is 5.91 Å². The molecule has 7 nitrogen and oxygen atoms in total. The smallest absolute Gasteiger partial charge is 0.459 e. The van der Waals surface area contributed by atoms with E-state index in [1.807, 2.05) is 30.3 Å². The van der Waals surface area contributed by atoms with Crippen molar-refractivity contribution < 1.29 is 27.5 Å². The molecule has 3 aromatic rings. The van der Waals surface area contributed by atoms with Crippen molar-refractivity contribution in [2.45, 2.75) is 38.3 Å². The number of H-pyrrole nitrogens is 1. The Labute approximate surface area is 193 Å². The number of aromatic nitrogens is 3. The second-order valence-corrected chi connectivity index (χ2v) is 7.99. The van der Waals surface area contributed by atoms with Crippen LogP contribution in [-0.2, 0) is 22.4 Å². The first kappa shape index (κ1) is 23.5. The Morgan fingerprint density at radius 3 is 2.65 bits per heavy atom. The summed E-state index contributed by atoms with van der Waals surface area (Å²) in [7, 11) is 0. The molecule has 10 heteroatoms. The van der Waals surface area contributed by atoms with Crippen LogP contribution in [0.1, 0.15) is 41.0 Å². The maximum atomic E-state index is 12.1. The van der Waals surface area contributed by atoms with Crippen molar-refractivity contribution >= 4 is 11.9 Å². The van der Waals surface area contributed by atoms with Gasteiger partial charge in [0.2, 0.25) is 0 Å². The first-order chi connectivity index (χ1) is 16.3. The standard InChI is InChI=1S/C24H23F3N4O3/c25-24(26,27)23(33)34-11-3-1-2-4-17-6-5-16(14-30-17)20-12-15(7-9-28-20)21-13-18-19(31-21)8-10-29-22(18)32/h5-7,9,12-14,31H,1-4,8,10-11H2,(H,29,32). The highest BCUT2D eigenvalue weighted by atomic mass is 19.4. The number of nitrogens with one attached hydrogen (secondary N) is 2. The molecule has 0 saturated heterocycles. The van der Waals surface area contributed by atoms with E-state index in [1.54, 1.807) is 12.4 Å². The highest BCUT2D eigenvalue weighted by Crippen LogP contribution is 2.27. The van der Waals surface area contributed by atoms with E-state index >= 15 is 0 Å². The topological polar surface area (TPSA) is 97.0 Å². The van der Waals surface area contributed by atoms with E-state index in [-0.39, 0.29) is 12.5 Å². The van der Waals surface area contributed by atoms with Crippen LogP contribution in [-0.4, -0.2) is 46.2 Å². The molecule has 0 aromatic carbocycles. The van der Waals surface area contributed by atoms with Gasteiger partial charge in [0.1, 0.15) is 0 Å². The van der Waals surface area contributed by atoms with Crippen molar-refractivity contribution in [3.05, 3.63) is 59.7 Å². The number of aryl methyl sites for hydroxylation is 1. The summed E-state index contributed by atoms with van der Waals surface area (Å²) in [6.07, 6.45) is 1.63. The van der Waals surface area contributed by atoms with E-state index < -0.39 is 12.1 Å². The lowest BCUT2D eigenvalue weighted by atomic mass is 10.1. The number of amides is 1. The Balaban J connectivity index is 1.31. The number of aromatic amines is 1. The number of fused-ring (bicyclic) bond motifs is 1. The summed E-state index contributed by atoms with van der Waals surface area (Å²) < 4.78 is 40.4. The van der Waals surface area contributed by atoms with Crippen molar-refractivity contribution in [3.8, 4) is 22.5 Å². The summed E-state index contributed by atoms with van der Waals surface area (Å²) in [4.78, 5) is 34.9. The largest absolute Gasteiger partial charge is 0.490 e. The summed E-state index contributed by atoms with van der Waals surface area (Å²) in [6.45, 7) is 0.373. The zero-order valence-electron chi connectivity index (χ0n) is 18.2. The number of alkyl halides is 3. The first-order valence-electron chi connectivity index (χ1n) is 11.0. The lowest BCUT2D eigenvalue weighted by molar-refractivity contribution is -0.199. The molecule has 4 rings (SSSR count). The van der Waals surface area contributed by atoms with Gasteiger partial charge in [-0.3, -0.25) is 14.8 Å². The zero-order valence-corrected chi connectivity index (χ0v) is 18.2. The minimum atomic E-state index is -4.95. The SMILES string of the molecule is O=C1NCCc2[nH]c(-c3ccnc(-c4ccc(CCCCCOC(=O)C(F)(F)F)nc4)c3)cc21. The molecule has 34 heavy (non-hydrogen) atoms. The number of nitrogens with zero attached hydrogens (tertiary/aromatic N) is 2. The number of rotatable bonds is 8. The highest BCUT2D eigenvalue weighted by molar-refractivity contribution is 5.97. The zero-order chi connectivity index (χ0) is 24.1. The van der Waals surface area contributed by atoms with Gasteiger partial charge in [-0.05, 0) is 56.0 Å². The minimum absolute atomic E-state index is 0.0693. The minimum Gasteiger partial charge on any atom is -0.459 e. The Kier molecular flexibility index (Phi) is 6.95. The van der Waals surface area contributed by atoms with Gasteiger partial charge < -0.3 is 15.0 Å². The van der Waals surface area contributed by atoms with Crippen LogP contribution in [0.2, 0.25) is 0 Å². The number of pyridine rings is 2. The van der Waals surface area contributed by atoms with Gasteiger partial charge in [0.05, 0.1) is 17.9 Å². The molecule has 0 unspecified atom stereocenters. The Hall–Kier alpha value is -3.69. The van der Waals surface area contributed by atoms with Crippen molar-refractivity contribution in [1.29, 1.82) is 0 Å². The molecule has 178 valence electrons. The van der Waals surface area contributed by atoms with Crippen LogP contribution in [0.4, 0.5) is 13.2 Å². The lowest BCUT2D eigenvalue weighted by Crippen LogP contribution is -2.31. The molecule has 1 aliphatic heterocycles. The average molecular weight is 472 g/mol. The molecule has 0 atom stereocenters. The average Bonchev–Trinajstić information content (AvgIpc) is 3.27. The molecular weight excluding hydrogens is 449 g/mol. The third kappa shape index (κ3) is 5.62. The van der Waals surface area contributed by atoms with Crippen molar-refractivity contribution in [2.24, 2.45) is 0 Å². The van der Waals surface area contributed by atoms with Crippen LogP contribution in [0, 0.1) is 0 Å². The van der Waals surface area contributed by atoms with Crippen LogP contribution in [0.5, 0.6) is 0 Å². The van der Waals surface area contributed by atoms with Gasteiger partial charge in [-0.25, -0.2) is 4.79 Å². The van der Waals surface area contributed by atoms with Gasteiger partial charge in [0, 0.05) is 53.6 Å². The second kappa shape index (κ2) is 10.1. The van der Waals surface area contributed by atoms with Gasteiger partial charge in [0.15, 0.2) is 0 Å². The number of carbonyl (C=O) groups is 2. The maximum absolute atomic E-state index is 12.1. The van der Waals surface area contributed by atoms with E-state index in [1.165, 1.54) is 0 Å². The summed E-state index contributed by atoms with van der Waals surface area (Å²) in [5.41, 5.74) is 5.83. The summed E-state index contributed by atoms with van der Waals surface area (Å²) in [6, 6.07) is 9.49. The normalized spacial score (nSPS) is 13.3. The fourth-order valence-electron chi connectivity index (χ4n) is 3.76. The van der Waals surface area contributed by atoms with Crippen molar-refractivity contribution in [1.82, 2.24) is 20.3 Å². The predicted octanol–water partition coefficient (Wildman–Crippen LogP) is 4.24. The van der Waals surface area contributed by atoms with Crippen molar-refractivity contribution in [2.75, 3.05) is 13.2 Å². The molecular formula is C24H23F3N4O3. The number of esters is 1. The number of halogens is 3. The number of carbonyl (C=O) groups excluding carboxylic acids is 2. The molecule has 3 aromatic heterocycles. The molecule has 1 aliphatic rings. The predicted molar refractivity (Wildman–Crippen MR) is 118 cm³/mol. The summed E-state index contributed by atoms with van der Waals surface area (Å²) in [5.74, 6) is -2.22. The molecule has 4 heterocycles. The Morgan fingerprint density at radius 1 is 1.06 bits per heavy atom. The number of ether oxygens (including phenoxy) is 1. The monoisotopic (exact) mass is 472 g/mol. The maximum Gasteiger partial charge on any atom is 0.490 e. The van der Waals surface area contributed by atoms with E-state index in [2.05, 4.69) is 25.0 Å². The molecule has 2 N–H and O–H groups in total. The van der Waals surface area contributed by atoms with E-state index in [4.69, 9.17) is 0 Å². The molecule has 0 fully saturated rings. The van der Waals surface area contributed by atoms with Crippen LogP contribution in [0.25, 0.3) is 22.5 Å². The van der Waals surface area contributed by atoms with Gasteiger partial charge in [-0.1, -0.05) is 0 Å². The highest BCUT2D eigenvalue weighted by Gasteiger charge is 2.40. The lowest BCUT2D eigenvalue weighted by Gasteiger charge is -2.10. The molecule has 0 aliphatic carbocycles. The quantitative estimate of drug-likeness (QED) is 0.378. The van der Waals surface area contributed by atoms with Gasteiger partial charge in [-0.2, -0.15) is 13.2 Å². The van der Waals surface area contributed by atoms with Crippen LogP contribution < -0.4 is 5.32 Å². The van der Waals surface area contributed by atoms with Gasteiger partial charge >= 0.3 is 12.1 Å². The first-order valence-corrected chi connectivity index (χ1v) is 11.0. The van der Waals surface area contributed by atoms with E-state index in [0.717, 1.165) is 40.3 Å². The molecule has 0 spiro atoms.